The zero-order valence-corrected chi connectivity index (χ0v) is 12.9. The molecule has 0 saturated heterocycles. The third kappa shape index (κ3) is 6.40. The number of carbonyl (C=O) groups excluding carboxylic acids is 2. The number of benzene rings is 1. The quantitative estimate of drug-likeness (QED) is 0.534. The lowest BCUT2D eigenvalue weighted by molar-refractivity contribution is 0.101. The number of urea groups is 1. The van der Waals surface area contributed by atoms with E-state index in [0.717, 1.165) is 12.8 Å². The summed E-state index contributed by atoms with van der Waals surface area (Å²) in [6, 6.07) is 6.54. The number of aliphatic hydroxyl groups excluding tert-OH is 1. The average molecular weight is 292 g/mol. The summed E-state index contributed by atoms with van der Waals surface area (Å²) in [7, 11) is 0. The average Bonchev–Trinajstić information content (AvgIpc) is 2.44. The van der Waals surface area contributed by atoms with Crippen molar-refractivity contribution in [1.82, 2.24) is 5.32 Å². The minimum Gasteiger partial charge on any atom is -0.396 e. The number of ketones is 1. The van der Waals surface area contributed by atoms with Crippen LogP contribution in [0, 0.1) is 5.41 Å². The van der Waals surface area contributed by atoms with Crippen LogP contribution in [0.1, 0.15) is 44.0 Å². The first kappa shape index (κ1) is 17.2. The second-order valence-corrected chi connectivity index (χ2v) is 5.94. The molecule has 0 saturated carbocycles. The van der Waals surface area contributed by atoms with Gasteiger partial charge in [0.1, 0.15) is 0 Å². The molecular weight excluding hydrogens is 268 g/mol. The highest BCUT2D eigenvalue weighted by Gasteiger charge is 2.15. The third-order valence-electron chi connectivity index (χ3n) is 3.27. The minimum absolute atomic E-state index is 0.0368. The van der Waals surface area contributed by atoms with Crippen LogP contribution in [0.3, 0.4) is 0 Å². The number of aliphatic hydroxyl groups is 1. The fourth-order valence-corrected chi connectivity index (χ4v) is 1.84. The van der Waals surface area contributed by atoms with E-state index in [0.29, 0.717) is 17.8 Å². The van der Waals surface area contributed by atoms with E-state index in [9.17, 15) is 9.59 Å². The molecule has 2 amide bonds. The number of carbonyl (C=O) groups is 2. The fraction of sp³-hybridized carbons (Fsp3) is 0.500. The van der Waals surface area contributed by atoms with E-state index in [4.69, 9.17) is 5.11 Å². The van der Waals surface area contributed by atoms with Crippen LogP contribution in [0.5, 0.6) is 0 Å². The van der Waals surface area contributed by atoms with Gasteiger partial charge in [0, 0.05) is 24.4 Å². The van der Waals surface area contributed by atoms with Crippen molar-refractivity contribution in [2.45, 2.75) is 33.6 Å². The second-order valence-electron chi connectivity index (χ2n) is 5.94. The molecule has 0 aliphatic carbocycles. The molecule has 0 heterocycles. The standard InChI is InChI=1S/C16H24N2O3/c1-12(20)13-6-4-7-14(10-13)18-15(21)17-9-5-8-16(2,3)11-19/h4,6-7,10,19H,5,8-9,11H2,1-3H3,(H2,17,18,21). The van der Waals surface area contributed by atoms with Crippen molar-refractivity contribution >= 4 is 17.5 Å². The first-order chi connectivity index (χ1) is 9.84. The number of nitrogens with one attached hydrogen (secondary N) is 2. The van der Waals surface area contributed by atoms with Crippen LogP contribution in [0.25, 0.3) is 0 Å². The van der Waals surface area contributed by atoms with Gasteiger partial charge in [-0.3, -0.25) is 4.79 Å². The zero-order chi connectivity index (χ0) is 15.9. The molecule has 1 aromatic rings. The van der Waals surface area contributed by atoms with Crippen LogP contribution in [0.4, 0.5) is 10.5 Å². The lowest BCUT2D eigenvalue weighted by Crippen LogP contribution is -2.30. The Kier molecular flexibility index (Phi) is 6.37. The van der Waals surface area contributed by atoms with Crippen molar-refractivity contribution in [3.8, 4) is 0 Å². The van der Waals surface area contributed by atoms with E-state index in [1.54, 1.807) is 24.3 Å². The summed E-state index contributed by atoms with van der Waals surface area (Å²) in [4.78, 5) is 23.0. The number of rotatable bonds is 7. The SMILES string of the molecule is CC(=O)c1cccc(NC(=O)NCCCC(C)(C)CO)c1. The number of Topliss-reactive ketones (excluding diaryl/α,β-unsaturated/α-hetero) is 1. The smallest absolute Gasteiger partial charge is 0.319 e. The maximum absolute atomic E-state index is 11.7. The van der Waals surface area contributed by atoms with Gasteiger partial charge in [0.05, 0.1) is 0 Å². The van der Waals surface area contributed by atoms with Gasteiger partial charge < -0.3 is 15.7 Å². The molecule has 0 unspecified atom stereocenters. The Labute approximate surface area is 125 Å². The van der Waals surface area contributed by atoms with E-state index in [1.807, 2.05) is 13.8 Å². The van der Waals surface area contributed by atoms with E-state index in [2.05, 4.69) is 10.6 Å². The number of amides is 2. The van der Waals surface area contributed by atoms with E-state index in [-0.39, 0.29) is 23.8 Å². The van der Waals surface area contributed by atoms with Crippen molar-refractivity contribution in [1.29, 1.82) is 0 Å². The summed E-state index contributed by atoms with van der Waals surface area (Å²) in [6.45, 7) is 6.14. The molecule has 1 rings (SSSR count). The molecule has 0 aromatic heterocycles. The molecular formula is C16H24N2O3. The van der Waals surface area contributed by atoms with Gasteiger partial charge in [-0.25, -0.2) is 4.79 Å². The summed E-state index contributed by atoms with van der Waals surface area (Å²) >= 11 is 0. The van der Waals surface area contributed by atoms with E-state index < -0.39 is 0 Å². The summed E-state index contributed by atoms with van der Waals surface area (Å²) < 4.78 is 0. The summed E-state index contributed by atoms with van der Waals surface area (Å²) in [6.07, 6.45) is 1.64. The van der Waals surface area contributed by atoms with Gasteiger partial charge in [-0.2, -0.15) is 0 Å². The molecule has 1 aromatic carbocycles. The molecule has 5 nitrogen and oxygen atoms in total. The first-order valence-electron chi connectivity index (χ1n) is 7.11. The Hall–Kier alpha value is -1.88. The van der Waals surface area contributed by atoms with Crippen molar-refractivity contribution in [3.63, 3.8) is 0 Å². The maximum Gasteiger partial charge on any atom is 0.319 e. The molecule has 0 atom stereocenters. The minimum atomic E-state index is -0.294. The summed E-state index contributed by atoms with van der Waals surface area (Å²) in [5.41, 5.74) is 1.04. The Morgan fingerprint density at radius 2 is 2.00 bits per heavy atom. The second kappa shape index (κ2) is 7.78. The molecule has 0 aliphatic rings. The van der Waals surface area contributed by atoms with Gasteiger partial charge in [0.15, 0.2) is 5.78 Å². The van der Waals surface area contributed by atoms with Gasteiger partial charge in [0.2, 0.25) is 0 Å². The fourth-order valence-electron chi connectivity index (χ4n) is 1.84. The third-order valence-corrected chi connectivity index (χ3v) is 3.27. The number of hydrogen-bond acceptors (Lipinski definition) is 3. The van der Waals surface area contributed by atoms with Crippen LogP contribution >= 0.6 is 0 Å². The van der Waals surface area contributed by atoms with Gasteiger partial charge in [-0.15, -0.1) is 0 Å². The molecule has 0 radical (unpaired) electrons. The number of hydrogen-bond donors (Lipinski definition) is 3. The van der Waals surface area contributed by atoms with Crippen LogP contribution in [-0.2, 0) is 0 Å². The zero-order valence-electron chi connectivity index (χ0n) is 12.9. The van der Waals surface area contributed by atoms with Gasteiger partial charge in [0.25, 0.3) is 0 Å². The molecule has 116 valence electrons. The molecule has 21 heavy (non-hydrogen) atoms. The van der Waals surface area contributed by atoms with Crippen LogP contribution in [0.2, 0.25) is 0 Å². The Bertz CT molecular complexity index is 498. The molecule has 5 heteroatoms. The van der Waals surface area contributed by atoms with Crippen molar-refractivity contribution in [2.24, 2.45) is 5.41 Å². The van der Waals surface area contributed by atoms with Crippen molar-refractivity contribution < 1.29 is 14.7 Å². The molecule has 0 aliphatic heterocycles. The van der Waals surface area contributed by atoms with Crippen LogP contribution in [0.15, 0.2) is 24.3 Å². The summed E-state index contributed by atoms with van der Waals surface area (Å²) in [5.74, 6) is -0.0368. The molecule has 0 spiro atoms. The lowest BCUT2D eigenvalue weighted by atomic mass is 9.89. The first-order valence-corrected chi connectivity index (χ1v) is 7.11. The molecule has 0 fully saturated rings. The topological polar surface area (TPSA) is 78.4 Å². The molecule has 0 bridgehead atoms. The van der Waals surface area contributed by atoms with Gasteiger partial charge in [-0.1, -0.05) is 26.0 Å². The van der Waals surface area contributed by atoms with Gasteiger partial charge >= 0.3 is 6.03 Å². The van der Waals surface area contributed by atoms with Crippen molar-refractivity contribution in [2.75, 3.05) is 18.5 Å². The maximum atomic E-state index is 11.7. The predicted molar refractivity (Wildman–Crippen MR) is 83.6 cm³/mol. The highest BCUT2D eigenvalue weighted by Crippen LogP contribution is 2.20. The highest BCUT2D eigenvalue weighted by atomic mass is 16.3. The predicted octanol–water partition coefficient (Wildman–Crippen LogP) is 2.81. The van der Waals surface area contributed by atoms with E-state index in [1.165, 1.54) is 6.92 Å². The Morgan fingerprint density at radius 1 is 1.29 bits per heavy atom. The molecule has 3 N–H and O–H groups in total. The van der Waals surface area contributed by atoms with E-state index >= 15 is 0 Å². The van der Waals surface area contributed by atoms with Gasteiger partial charge in [-0.05, 0) is 37.3 Å². The van der Waals surface area contributed by atoms with Crippen molar-refractivity contribution in [3.05, 3.63) is 29.8 Å². The summed E-state index contributed by atoms with van der Waals surface area (Å²) in [5, 5.41) is 14.6. The van der Waals surface area contributed by atoms with Crippen LogP contribution in [-0.4, -0.2) is 30.1 Å². The number of anilines is 1. The largest absolute Gasteiger partial charge is 0.396 e. The lowest BCUT2D eigenvalue weighted by Gasteiger charge is -2.21. The Morgan fingerprint density at radius 3 is 2.62 bits per heavy atom. The van der Waals surface area contributed by atoms with Crippen LogP contribution < -0.4 is 10.6 Å². The monoisotopic (exact) mass is 292 g/mol. The normalized spacial score (nSPS) is 11.0. The Balaban J connectivity index is 2.37. The highest BCUT2D eigenvalue weighted by molar-refractivity contribution is 5.96.